The monoisotopic (exact) mass is 1250 g/mol. The van der Waals surface area contributed by atoms with E-state index in [0.717, 1.165) is 36.8 Å². The van der Waals surface area contributed by atoms with Gasteiger partial charge in [-0.15, -0.1) is 0 Å². The molecule has 4 N–H and O–H groups in total. The average Bonchev–Trinajstić information content (AvgIpc) is 1.12. The number of cyclic esters (lactones) is 2. The van der Waals surface area contributed by atoms with Crippen LogP contribution in [0.15, 0.2) is 85.0 Å². The second-order valence-electron chi connectivity index (χ2n) is 26.7. The second-order valence-corrected chi connectivity index (χ2v) is 26.7. The van der Waals surface area contributed by atoms with Crippen molar-refractivity contribution in [3.8, 4) is 0 Å². The second kappa shape index (κ2) is 33.2. The number of allylic oxidation sites excluding steroid dienone is 3. The minimum absolute atomic E-state index is 0.0478. The summed E-state index contributed by atoms with van der Waals surface area (Å²) in [6, 6.07) is 18.1. The Kier molecular flexibility index (Phi) is 26.4. The standard InChI is InChI=1S/C36H53NO8.C36H49NO8/c2*1-5-27(22-26-14-8-6-9-15-26)31-18-11-7-10-17-29(38)24(3)32(39)25(4)30-20-19-23(2)36(43,45-30)33(40)34(41)37-21-13-12-16-28(37)35(42)44-31/h6,8-9,14-15,23-25,27-28,30-32,39,43H,5,7,10-13,16-22H2,1-4H3;6,8-11,14-15,17-18,23-25,27-28,30-32,39,43H,5,7,12-13,16,19-22H2,1-4H3/b;17-10+,18-11+/t2*23-,24-,25+,27-,28+,30?,31+,32+,36-/m11/s1. The van der Waals surface area contributed by atoms with Crippen LogP contribution in [0.2, 0.25) is 0 Å². The first-order chi connectivity index (χ1) is 42.9. The van der Waals surface area contributed by atoms with E-state index in [1.54, 1.807) is 47.6 Å². The topological polar surface area (TPSA) is 261 Å². The summed E-state index contributed by atoms with van der Waals surface area (Å²) in [6.07, 6.45) is 13.7. The summed E-state index contributed by atoms with van der Waals surface area (Å²) in [7, 11) is 0. The third-order valence-electron chi connectivity index (χ3n) is 20.6. The van der Waals surface area contributed by atoms with Gasteiger partial charge in [0, 0.05) is 60.9 Å². The van der Waals surface area contributed by atoms with Gasteiger partial charge in [0.05, 0.1) is 24.4 Å². The predicted molar refractivity (Wildman–Crippen MR) is 337 cm³/mol. The molecule has 2 unspecified atom stereocenters. The van der Waals surface area contributed by atoms with E-state index in [4.69, 9.17) is 18.9 Å². The van der Waals surface area contributed by atoms with E-state index in [0.29, 0.717) is 103 Å². The lowest BCUT2D eigenvalue weighted by molar-refractivity contribution is -0.274. The van der Waals surface area contributed by atoms with Crippen molar-refractivity contribution in [3.05, 3.63) is 96.1 Å². The third-order valence-corrected chi connectivity index (χ3v) is 20.6. The van der Waals surface area contributed by atoms with Gasteiger partial charge in [-0.3, -0.25) is 28.8 Å². The Morgan fingerprint density at radius 1 is 0.533 bits per heavy atom. The number of aliphatic hydroxyl groups is 4. The predicted octanol–water partition coefficient (Wildman–Crippen LogP) is 9.13. The molecule has 18 atom stereocenters. The number of aliphatic hydroxyl groups excluding tert-OH is 2. The fourth-order valence-corrected chi connectivity index (χ4v) is 14.1. The molecule has 0 aliphatic carbocycles. The molecule has 6 heterocycles. The molecule has 496 valence electrons. The fraction of sp³-hybridized carbons (Fsp3) is 0.667. The number of carbonyl (C=O) groups is 8. The maximum atomic E-state index is 13.8. The molecule has 5 saturated heterocycles. The van der Waals surface area contributed by atoms with Crippen LogP contribution in [0.5, 0.6) is 0 Å². The number of amides is 2. The van der Waals surface area contributed by atoms with Crippen LogP contribution in [0.1, 0.15) is 182 Å². The number of Topliss-reactive ketones (excluding diaryl/α,β-unsaturated/α-hetero) is 3. The van der Waals surface area contributed by atoms with Crippen molar-refractivity contribution >= 4 is 46.9 Å². The fourth-order valence-electron chi connectivity index (χ4n) is 14.1. The molecule has 6 aliphatic heterocycles. The van der Waals surface area contributed by atoms with Crippen molar-refractivity contribution in [2.45, 2.75) is 244 Å². The summed E-state index contributed by atoms with van der Waals surface area (Å²) in [5.74, 6) is -14.3. The highest BCUT2D eigenvalue weighted by atomic mass is 16.6. The number of rotatable bonds is 8. The molecule has 6 aliphatic rings. The summed E-state index contributed by atoms with van der Waals surface area (Å²) in [4.78, 5) is 111. The summed E-state index contributed by atoms with van der Waals surface area (Å²) in [5, 5.41) is 45.5. The molecule has 4 bridgehead atoms. The molecule has 0 radical (unpaired) electrons. The van der Waals surface area contributed by atoms with Gasteiger partial charge in [-0.1, -0.05) is 135 Å². The smallest absolute Gasteiger partial charge is 0.329 e. The third kappa shape index (κ3) is 17.5. The molecule has 5 fully saturated rings. The number of carbonyl (C=O) groups excluding carboxylic acids is 8. The van der Waals surface area contributed by atoms with E-state index < -0.39 is 131 Å². The number of benzene rings is 2. The number of ketones is 4. The van der Waals surface area contributed by atoms with Gasteiger partial charge in [0.15, 0.2) is 5.78 Å². The van der Waals surface area contributed by atoms with Crippen LogP contribution >= 0.6 is 0 Å². The summed E-state index contributed by atoms with van der Waals surface area (Å²) in [6.45, 7) is 14.6. The average molecular weight is 1250 g/mol. The maximum absolute atomic E-state index is 13.8. The van der Waals surface area contributed by atoms with Crippen LogP contribution in [0.3, 0.4) is 0 Å². The Hall–Kier alpha value is -5.76. The molecule has 18 nitrogen and oxygen atoms in total. The van der Waals surface area contributed by atoms with Crippen molar-refractivity contribution in [2.24, 2.45) is 47.3 Å². The van der Waals surface area contributed by atoms with E-state index in [1.807, 2.05) is 67.6 Å². The van der Waals surface area contributed by atoms with Gasteiger partial charge in [0.25, 0.3) is 23.4 Å². The number of hydrogen-bond acceptors (Lipinski definition) is 16. The molecule has 0 saturated carbocycles. The zero-order valence-electron chi connectivity index (χ0n) is 54.5. The van der Waals surface area contributed by atoms with Crippen LogP contribution in [-0.2, 0) is 70.1 Å². The Balaban J connectivity index is 0.000000256. The van der Waals surface area contributed by atoms with Crippen molar-refractivity contribution in [3.63, 3.8) is 0 Å². The number of hydrogen-bond donors (Lipinski definition) is 4. The quantitative estimate of drug-likeness (QED) is 0.109. The van der Waals surface area contributed by atoms with Gasteiger partial charge < -0.3 is 49.2 Å². The zero-order chi connectivity index (χ0) is 65.5. The number of piperidine rings is 2. The molecule has 2 amide bonds. The van der Waals surface area contributed by atoms with Gasteiger partial charge >= 0.3 is 11.9 Å². The van der Waals surface area contributed by atoms with E-state index >= 15 is 0 Å². The first-order valence-corrected chi connectivity index (χ1v) is 33.7. The van der Waals surface area contributed by atoms with Gasteiger partial charge in [0.1, 0.15) is 30.1 Å². The first-order valence-electron chi connectivity index (χ1n) is 33.7. The van der Waals surface area contributed by atoms with Gasteiger partial charge in [0.2, 0.25) is 11.6 Å². The molecule has 2 aromatic carbocycles. The van der Waals surface area contributed by atoms with Crippen molar-refractivity contribution in [2.75, 3.05) is 13.1 Å². The van der Waals surface area contributed by atoms with Crippen molar-refractivity contribution in [1.82, 2.24) is 9.80 Å². The highest BCUT2D eigenvalue weighted by molar-refractivity contribution is 6.39. The SMILES string of the molecule is CC[C@H](Cc1ccccc1)[C@@H]1/C=C/C/C=C/C(=O)[C@@H](C)[C@H](O)[C@@H](C)C2CC[C@@H](C)[C@@](O)(O2)C(=O)C(=O)N2CCCC[C@H]2C(=O)O1.CC[C@H](Cc1ccccc1)[C@@H]1CCCCCC(=O)[C@@H](C)[C@H](O)[C@@H](C)C2CC[C@@H](C)[C@@](O)(O2)C(=O)C(=O)N2CCCC[C@H]2C(=O)O1. The Morgan fingerprint density at radius 3 is 1.50 bits per heavy atom. The normalized spacial score (nSPS) is 35.8. The van der Waals surface area contributed by atoms with Crippen LogP contribution < -0.4 is 0 Å². The molecule has 8 rings (SSSR count). The molecule has 18 heteroatoms. The minimum Gasteiger partial charge on any atom is -0.461 e. The molecule has 2 aromatic rings. The summed E-state index contributed by atoms with van der Waals surface area (Å²) >= 11 is 0. The molecule has 0 aromatic heterocycles. The molecular formula is C72H102N2O16. The van der Waals surface area contributed by atoms with Crippen LogP contribution in [0.4, 0.5) is 0 Å². The van der Waals surface area contributed by atoms with Crippen molar-refractivity contribution < 1.29 is 77.7 Å². The Bertz CT molecular complexity index is 2810. The first kappa shape index (κ1) is 71.7. The number of nitrogens with zero attached hydrogens (tertiary/aromatic N) is 2. The van der Waals surface area contributed by atoms with Crippen LogP contribution in [-0.4, -0.2) is 150 Å². The summed E-state index contributed by atoms with van der Waals surface area (Å²) in [5.41, 5.74) is 2.25. The largest absolute Gasteiger partial charge is 0.461 e. The van der Waals surface area contributed by atoms with E-state index in [-0.39, 0.29) is 36.5 Å². The zero-order valence-corrected chi connectivity index (χ0v) is 54.5. The molecule has 0 spiro atoms. The molecular weight excluding hydrogens is 1150 g/mol. The van der Waals surface area contributed by atoms with Crippen molar-refractivity contribution in [1.29, 1.82) is 0 Å². The molecule has 90 heavy (non-hydrogen) atoms. The van der Waals surface area contributed by atoms with Gasteiger partial charge in [-0.25, -0.2) is 9.59 Å². The maximum Gasteiger partial charge on any atom is 0.329 e. The Morgan fingerprint density at radius 2 is 1.00 bits per heavy atom. The number of ether oxygens (including phenoxy) is 4. The summed E-state index contributed by atoms with van der Waals surface area (Å²) < 4.78 is 24.4. The lowest BCUT2D eigenvalue weighted by Crippen LogP contribution is -2.61. The lowest BCUT2D eigenvalue weighted by atomic mass is 9.79. The van der Waals surface area contributed by atoms with E-state index in [2.05, 4.69) is 19.1 Å². The van der Waals surface area contributed by atoms with Crippen LogP contribution in [0.25, 0.3) is 0 Å². The number of fused-ring (bicyclic) bond motifs is 6. The van der Waals surface area contributed by atoms with E-state index in [9.17, 15) is 58.8 Å². The Labute approximate surface area is 532 Å². The van der Waals surface area contributed by atoms with Gasteiger partial charge in [-0.05, 0) is 145 Å². The highest BCUT2D eigenvalue weighted by Gasteiger charge is 2.56. The number of esters is 2. The highest BCUT2D eigenvalue weighted by Crippen LogP contribution is 2.41. The minimum atomic E-state index is -2.43. The lowest BCUT2D eigenvalue weighted by Gasteiger charge is -2.44. The van der Waals surface area contributed by atoms with Gasteiger partial charge in [-0.2, -0.15) is 0 Å². The van der Waals surface area contributed by atoms with Crippen LogP contribution in [0, 0.1) is 47.3 Å². The van der Waals surface area contributed by atoms with E-state index in [1.165, 1.54) is 15.9 Å².